The number of amides is 1. The lowest BCUT2D eigenvalue weighted by atomic mass is 10.1. The van der Waals surface area contributed by atoms with Crippen molar-refractivity contribution < 1.29 is 9.53 Å². The van der Waals surface area contributed by atoms with E-state index in [9.17, 15) is 4.79 Å². The van der Waals surface area contributed by atoms with Gasteiger partial charge in [-0.15, -0.1) is 10.2 Å². The van der Waals surface area contributed by atoms with E-state index in [0.717, 1.165) is 41.0 Å². The maximum Gasteiger partial charge on any atom is 0.262 e. The molecule has 0 spiro atoms. The molecule has 34 heavy (non-hydrogen) atoms. The number of nitrogens with one attached hydrogen (secondary N) is 1. The SMILES string of the molecule is CCN(CC)c1ccc(-n2nc3cc(C)c(NC(=O)COc4ccc(C)cc4C)cc3n2)cc1. The molecule has 0 unspecified atom stereocenters. The monoisotopic (exact) mass is 457 g/mol. The van der Waals surface area contributed by atoms with Crippen molar-refractivity contribution in [1.29, 1.82) is 0 Å². The first kappa shape index (κ1) is 23.3. The molecule has 3 aromatic carbocycles. The lowest BCUT2D eigenvalue weighted by Crippen LogP contribution is -2.21. The number of hydrogen-bond donors (Lipinski definition) is 1. The number of carbonyl (C=O) groups is 1. The highest BCUT2D eigenvalue weighted by Gasteiger charge is 2.12. The molecule has 1 aromatic heterocycles. The van der Waals surface area contributed by atoms with Gasteiger partial charge in [0.2, 0.25) is 0 Å². The predicted octanol–water partition coefficient (Wildman–Crippen LogP) is 5.21. The highest BCUT2D eigenvalue weighted by Crippen LogP contribution is 2.24. The van der Waals surface area contributed by atoms with Crippen LogP contribution in [-0.2, 0) is 4.79 Å². The summed E-state index contributed by atoms with van der Waals surface area (Å²) < 4.78 is 5.71. The zero-order valence-corrected chi connectivity index (χ0v) is 20.4. The second kappa shape index (κ2) is 9.95. The molecule has 0 bridgehead atoms. The molecule has 176 valence electrons. The Hall–Kier alpha value is -3.87. The van der Waals surface area contributed by atoms with E-state index >= 15 is 0 Å². The van der Waals surface area contributed by atoms with E-state index < -0.39 is 0 Å². The molecule has 7 nitrogen and oxygen atoms in total. The minimum absolute atomic E-state index is 0.0625. The first-order valence-corrected chi connectivity index (χ1v) is 11.6. The number of benzene rings is 3. The average molecular weight is 458 g/mol. The third-order valence-electron chi connectivity index (χ3n) is 5.90. The molecular formula is C27H31N5O2. The number of rotatable bonds is 8. The number of aromatic nitrogens is 3. The van der Waals surface area contributed by atoms with E-state index in [1.54, 1.807) is 4.80 Å². The summed E-state index contributed by atoms with van der Waals surface area (Å²) in [6, 6.07) is 17.9. The van der Waals surface area contributed by atoms with Crippen molar-refractivity contribution in [2.24, 2.45) is 0 Å². The van der Waals surface area contributed by atoms with Gasteiger partial charge in [0.15, 0.2) is 6.61 Å². The molecule has 0 fully saturated rings. The summed E-state index contributed by atoms with van der Waals surface area (Å²) in [5.41, 5.74) is 7.32. The maximum absolute atomic E-state index is 12.5. The minimum Gasteiger partial charge on any atom is -0.483 e. The highest BCUT2D eigenvalue weighted by molar-refractivity contribution is 5.95. The number of carbonyl (C=O) groups excluding carboxylic acids is 1. The Morgan fingerprint density at radius 1 is 0.912 bits per heavy atom. The van der Waals surface area contributed by atoms with Crippen molar-refractivity contribution in [3.63, 3.8) is 0 Å². The van der Waals surface area contributed by atoms with E-state index in [1.807, 2.05) is 63.2 Å². The van der Waals surface area contributed by atoms with Crippen LogP contribution in [0.2, 0.25) is 0 Å². The quantitative estimate of drug-likeness (QED) is 0.393. The van der Waals surface area contributed by atoms with Gasteiger partial charge in [-0.2, -0.15) is 4.80 Å². The van der Waals surface area contributed by atoms with Crippen molar-refractivity contribution in [2.45, 2.75) is 34.6 Å². The molecule has 4 rings (SSSR count). The molecule has 0 saturated carbocycles. The van der Waals surface area contributed by atoms with Crippen molar-refractivity contribution in [2.75, 3.05) is 29.9 Å². The van der Waals surface area contributed by atoms with Gasteiger partial charge in [-0.1, -0.05) is 17.7 Å². The standard InChI is InChI=1S/C27H31N5O2/c1-6-31(7-2)21-9-11-22(12-10-21)32-29-24-15-19(4)23(16-25(24)30-32)28-27(33)17-34-26-13-8-18(3)14-20(26)5/h8-16H,6-7,17H2,1-5H3,(H,28,33). The average Bonchev–Trinajstić information content (AvgIpc) is 3.22. The van der Waals surface area contributed by atoms with E-state index in [-0.39, 0.29) is 12.5 Å². The van der Waals surface area contributed by atoms with Crippen LogP contribution in [0.1, 0.15) is 30.5 Å². The molecule has 0 aliphatic heterocycles. The number of anilines is 2. The summed E-state index contributed by atoms with van der Waals surface area (Å²) in [6.45, 7) is 12.1. The summed E-state index contributed by atoms with van der Waals surface area (Å²) >= 11 is 0. The van der Waals surface area contributed by atoms with Crippen molar-refractivity contribution in [1.82, 2.24) is 15.0 Å². The lowest BCUT2D eigenvalue weighted by Gasteiger charge is -2.20. The minimum atomic E-state index is -0.221. The van der Waals surface area contributed by atoms with Gasteiger partial charge < -0.3 is 15.0 Å². The van der Waals surface area contributed by atoms with Gasteiger partial charge in [-0.05, 0) is 88.2 Å². The summed E-state index contributed by atoms with van der Waals surface area (Å²) in [7, 11) is 0. The number of fused-ring (bicyclic) bond motifs is 1. The number of hydrogen-bond acceptors (Lipinski definition) is 5. The van der Waals surface area contributed by atoms with E-state index in [0.29, 0.717) is 17.0 Å². The van der Waals surface area contributed by atoms with Crippen LogP contribution in [0.25, 0.3) is 16.7 Å². The van der Waals surface area contributed by atoms with Crippen LogP contribution in [0.4, 0.5) is 11.4 Å². The molecule has 0 radical (unpaired) electrons. The fourth-order valence-corrected chi connectivity index (χ4v) is 3.99. The Labute approximate surface area is 200 Å². The summed E-state index contributed by atoms with van der Waals surface area (Å²) in [5, 5.41) is 12.2. The molecular weight excluding hydrogens is 426 g/mol. The zero-order chi connectivity index (χ0) is 24.2. The van der Waals surface area contributed by atoms with Crippen LogP contribution >= 0.6 is 0 Å². The van der Waals surface area contributed by atoms with Gasteiger partial charge in [0.25, 0.3) is 5.91 Å². The molecule has 4 aromatic rings. The Morgan fingerprint density at radius 3 is 2.24 bits per heavy atom. The number of nitrogens with zero attached hydrogens (tertiary/aromatic N) is 4. The first-order valence-electron chi connectivity index (χ1n) is 11.6. The molecule has 0 aliphatic carbocycles. The third-order valence-corrected chi connectivity index (χ3v) is 5.90. The number of ether oxygens (including phenoxy) is 1. The predicted molar refractivity (Wildman–Crippen MR) is 137 cm³/mol. The fraction of sp³-hybridized carbons (Fsp3) is 0.296. The van der Waals surface area contributed by atoms with Crippen LogP contribution in [0.3, 0.4) is 0 Å². The normalized spacial score (nSPS) is 11.0. The largest absolute Gasteiger partial charge is 0.483 e. The third kappa shape index (κ3) is 5.03. The van der Waals surface area contributed by atoms with E-state index in [1.165, 1.54) is 5.69 Å². The number of aryl methyl sites for hydroxylation is 3. The Balaban J connectivity index is 1.48. The zero-order valence-electron chi connectivity index (χ0n) is 20.4. The van der Waals surface area contributed by atoms with E-state index in [4.69, 9.17) is 4.74 Å². The van der Waals surface area contributed by atoms with Gasteiger partial charge in [-0.3, -0.25) is 4.79 Å². The molecule has 0 saturated heterocycles. The molecule has 1 N–H and O–H groups in total. The molecule has 0 atom stereocenters. The second-order valence-corrected chi connectivity index (χ2v) is 8.44. The van der Waals surface area contributed by atoms with Crippen LogP contribution in [0.15, 0.2) is 54.6 Å². The van der Waals surface area contributed by atoms with Gasteiger partial charge in [0, 0.05) is 24.5 Å². The summed E-state index contributed by atoms with van der Waals surface area (Å²) in [4.78, 5) is 16.5. The van der Waals surface area contributed by atoms with Crippen LogP contribution in [-0.4, -0.2) is 40.6 Å². The van der Waals surface area contributed by atoms with Crippen molar-refractivity contribution in [3.05, 3.63) is 71.3 Å². The topological polar surface area (TPSA) is 72.3 Å². The van der Waals surface area contributed by atoms with E-state index in [2.05, 4.69) is 46.4 Å². The van der Waals surface area contributed by atoms with Gasteiger partial charge in [-0.25, -0.2) is 0 Å². The summed E-state index contributed by atoms with van der Waals surface area (Å²) in [5.74, 6) is 0.490. The van der Waals surface area contributed by atoms with Gasteiger partial charge >= 0.3 is 0 Å². The first-order chi connectivity index (χ1) is 16.4. The lowest BCUT2D eigenvalue weighted by molar-refractivity contribution is -0.118. The van der Waals surface area contributed by atoms with Gasteiger partial charge in [0.1, 0.15) is 16.8 Å². The van der Waals surface area contributed by atoms with Crippen LogP contribution in [0, 0.1) is 20.8 Å². The maximum atomic E-state index is 12.5. The van der Waals surface area contributed by atoms with Gasteiger partial charge in [0.05, 0.1) is 5.69 Å². The highest BCUT2D eigenvalue weighted by atomic mass is 16.5. The van der Waals surface area contributed by atoms with Crippen molar-refractivity contribution >= 4 is 28.3 Å². The van der Waals surface area contributed by atoms with Crippen LogP contribution < -0.4 is 15.0 Å². The fourth-order valence-electron chi connectivity index (χ4n) is 3.99. The molecule has 1 heterocycles. The summed E-state index contributed by atoms with van der Waals surface area (Å²) in [6.07, 6.45) is 0. The Morgan fingerprint density at radius 2 is 1.59 bits per heavy atom. The Bertz CT molecular complexity index is 1310. The second-order valence-electron chi connectivity index (χ2n) is 8.44. The Kier molecular flexibility index (Phi) is 6.82. The van der Waals surface area contributed by atoms with Crippen molar-refractivity contribution in [3.8, 4) is 11.4 Å². The molecule has 1 amide bonds. The van der Waals surface area contributed by atoms with Crippen LogP contribution in [0.5, 0.6) is 5.75 Å². The smallest absolute Gasteiger partial charge is 0.262 e. The molecule has 7 heteroatoms. The molecule has 0 aliphatic rings.